The van der Waals surface area contributed by atoms with E-state index < -0.39 is 0 Å². The van der Waals surface area contributed by atoms with Crippen molar-refractivity contribution in [2.45, 2.75) is 45.7 Å². The van der Waals surface area contributed by atoms with E-state index in [4.69, 9.17) is 0 Å². The van der Waals surface area contributed by atoms with Gasteiger partial charge in [0.1, 0.15) is 5.78 Å². The second-order valence-corrected chi connectivity index (χ2v) is 4.25. The lowest BCUT2D eigenvalue weighted by atomic mass is 10.0. The number of Topliss-reactive ketones (excluding diaryl/α,β-unsaturated/α-hetero) is 1. The predicted octanol–water partition coefficient (Wildman–Crippen LogP) is 1.45. The number of nitrogens with zero attached hydrogens (tertiary/aromatic N) is 1. The molecule has 2 heteroatoms. The summed E-state index contributed by atoms with van der Waals surface area (Å²) in [6.45, 7) is 9.20. The maximum atomic E-state index is 11.1. The number of hydrogen-bond donors (Lipinski definition) is 0. The van der Waals surface area contributed by atoms with Crippen molar-refractivity contribution < 1.29 is 4.79 Å². The van der Waals surface area contributed by atoms with E-state index in [0.29, 0.717) is 24.8 Å². The fraction of sp³-hybridized carbons (Fsp3) is 0.889. The third-order valence-corrected chi connectivity index (χ3v) is 2.38. The van der Waals surface area contributed by atoms with Gasteiger partial charge in [-0.1, -0.05) is 0 Å². The molecule has 1 heterocycles. The van der Waals surface area contributed by atoms with Crippen LogP contribution >= 0.6 is 0 Å². The molecule has 0 amide bonds. The van der Waals surface area contributed by atoms with Crippen LogP contribution < -0.4 is 0 Å². The minimum absolute atomic E-state index is 0.0885. The third-order valence-electron chi connectivity index (χ3n) is 2.38. The molecule has 1 rings (SSSR count). The molecule has 1 aliphatic rings. The minimum atomic E-state index is 0.0885. The van der Waals surface area contributed by atoms with E-state index in [0.717, 1.165) is 0 Å². The SMILES string of the molecule is CC(C)N1CC(=O)CC1(C)C. The molecule has 1 aliphatic heterocycles. The highest BCUT2D eigenvalue weighted by Crippen LogP contribution is 2.27. The van der Waals surface area contributed by atoms with Crippen molar-refractivity contribution in [2.24, 2.45) is 0 Å². The second-order valence-electron chi connectivity index (χ2n) is 4.25. The average molecular weight is 155 g/mol. The van der Waals surface area contributed by atoms with E-state index in [1.807, 2.05) is 0 Å². The molecule has 0 spiro atoms. The zero-order chi connectivity index (χ0) is 8.65. The van der Waals surface area contributed by atoms with E-state index in [1.165, 1.54) is 0 Å². The number of carbonyl (C=O) groups excluding carboxylic acids is 1. The summed E-state index contributed by atoms with van der Waals surface area (Å²) in [5.41, 5.74) is 0.0885. The molecule has 2 nitrogen and oxygen atoms in total. The Morgan fingerprint density at radius 2 is 2.00 bits per heavy atom. The molecule has 1 saturated heterocycles. The number of rotatable bonds is 1. The zero-order valence-corrected chi connectivity index (χ0v) is 7.85. The molecule has 0 aromatic rings. The highest BCUT2D eigenvalue weighted by Gasteiger charge is 2.38. The van der Waals surface area contributed by atoms with Gasteiger partial charge in [0, 0.05) is 18.0 Å². The summed E-state index contributed by atoms with van der Waals surface area (Å²) >= 11 is 0. The summed E-state index contributed by atoms with van der Waals surface area (Å²) in [5.74, 6) is 0.378. The maximum absolute atomic E-state index is 11.1. The van der Waals surface area contributed by atoms with Crippen LogP contribution in [0.2, 0.25) is 0 Å². The van der Waals surface area contributed by atoms with Gasteiger partial charge in [0.25, 0.3) is 0 Å². The fourth-order valence-electron chi connectivity index (χ4n) is 1.93. The van der Waals surface area contributed by atoms with Crippen molar-refractivity contribution in [3.8, 4) is 0 Å². The lowest BCUT2D eigenvalue weighted by Gasteiger charge is -2.33. The predicted molar refractivity (Wildman–Crippen MR) is 45.5 cm³/mol. The molecule has 0 radical (unpaired) electrons. The van der Waals surface area contributed by atoms with Crippen molar-refractivity contribution in [3.05, 3.63) is 0 Å². The van der Waals surface area contributed by atoms with Gasteiger partial charge in [-0.25, -0.2) is 0 Å². The molecule has 0 aromatic carbocycles. The monoisotopic (exact) mass is 155 g/mol. The Labute approximate surface area is 68.6 Å². The van der Waals surface area contributed by atoms with Crippen LogP contribution in [-0.4, -0.2) is 28.8 Å². The number of hydrogen-bond acceptors (Lipinski definition) is 2. The van der Waals surface area contributed by atoms with Gasteiger partial charge in [0.15, 0.2) is 0 Å². The lowest BCUT2D eigenvalue weighted by Crippen LogP contribution is -2.42. The van der Waals surface area contributed by atoms with Gasteiger partial charge in [0.05, 0.1) is 6.54 Å². The molecule has 0 aliphatic carbocycles. The van der Waals surface area contributed by atoms with Gasteiger partial charge in [-0.3, -0.25) is 9.69 Å². The summed E-state index contributed by atoms with van der Waals surface area (Å²) in [6.07, 6.45) is 0.713. The molecule has 1 fully saturated rings. The van der Waals surface area contributed by atoms with Crippen molar-refractivity contribution >= 4 is 5.78 Å². The standard InChI is InChI=1S/C9H17NO/c1-7(2)10-6-8(11)5-9(10,3)4/h7H,5-6H2,1-4H3. The molecule has 0 unspecified atom stereocenters. The Hall–Kier alpha value is -0.370. The van der Waals surface area contributed by atoms with Gasteiger partial charge < -0.3 is 0 Å². The largest absolute Gasteiger partial charge is 0.298 e. The van der Waals surface area contributed by atoms with Crippen molar-refractivity contribution in [1.82, 2.24) is 4.90 Å². The van der Waals surface area contributed by atoms with E-state index in [2.05, 4.69) is 32.6 Å². The van der Waals surface area contributed by atoms with Crippen molar-refractivity contribution in [2.75, 3.05) is 6.54 Å². The minimum Gasteiger partial charge on any atom is -0.298 e. The van der Waals surface area contributed by atoms with Gasteiger partial charge in [-0.05, 0) is 27.7 Å². The number of likely N-dealkylation sites (tertiary alicyclic amines) is 1. The normalized spacial score (nSPS) is 25.0. The second kappa shape index (κ2) is 2.59. The number of ketones is 1. The lowest BCUT2D eigenvalue weighted by molar-refractivity contribution is -0.117. The average Bonchev–Trinajstić information content (AvgIpc) is 2.04. The third kappa shape index (κ3) is 1.62. The zero-order valence-electron chi connectivity index (χ0n) is 7.85. The van der Waals surface area contributed by atoms with E-state index in [1.54, 1.807) is 0 Å². The van der Waals surface area contributed by atoms with Crippen LogP contribution in [0.5, 0.6) is 0 Å². The van der Waals surface area contributed by atoms with Gasteiger partial charge in [-0.2, -0.15) is 0 Å². The summed E-state index contributed by atoms with van der Waals surface area (Å²) < 4.78 is 0. The molecule has 0 aromatic heterocycles. The molecular weight excluding hydrogens is 138 g/mol. The molecular formula is C9H17NO. The van der Waals surface area contributed by atoms with Crippen LogP contribution in [0, 0.1) is 0 Å². The first-order valence-electron chi connectivity index (χ1n) is 4.22. The van der Waals surface area contributed by atoms with Crippen LogP contribution in [0.25, 0.3) is 0 Å². The summed E-state index contributed by atoms with van der Waals surface area (Å²) in [5, 5.41) is 0. The first-order valence-corrected chi connectivity index (χ1v) is 4.22. The quantitative estimate of drug-likeness (QED) is 0.571. The fourth-order valence-corrected chi connectivity index (χ4v) is 1.93. The highest BCUT2D eigenvalue weighted by molar-refractivity contribution is 5.84. The Balaban J connectivity index is 2.74. The summed E-state index contributed by atoms with van der Waals surface area (Å²) in [6, 6.07) is 0.483. The Morgan fingerprint density at radius 1 is 1.45 bits per heavy atom. The first kappa shape index (κ1) is 8.72. The first-order chi connectivity index (χ1) is 4.93. The van der Waals surface area contributed by atoms with Gasteiger partial charge in [0.2, 0.25) is 0 Å². The van der Waals surface area contributed by atoms with Crippen LogP contribution in [0.15, 0.2) is 0 Å². The molecule has 64 valence electrons. The summed E-state index contributed by atoms with van der Waals surface area (Å²) in [4.78, 5) is 13.4. The Morgan fingerprint density at radius 3 is 2.18 bits per heavy atom. The van der Waals surface area contributed by atoms with Crippen molar-refractivity contribution in [3.63, 3.8) is 0 Å². The van der Waals surface area contributed by atoms with Crippen molar-refractivity contribution in [1.29, 1.82) is 0 Å². The van der Waals surface area contributed by atoms with E-state index >= 15 is 0 Å². The smallest absolute Gasteiger partial charge is 0.148 e. The highest BCUT2D eigenvalue weighted by atomic mass is 16.1. The van der Waals surface area contributed by atoms with Crippen LogP contribution in [0.3, 0.4) is 0 Å². The van der Waals surface area contributed by atoms with Crippen LogP contribution in [0.4, 0.5) is 0 Å². The van der Waals surface area contributed by atoms with Crippen LogP contribution in [-0.2, 0) is 4.79 Å². The molecule has 0 saturated carbocycles. The summed E-state index contributed by atoms with van der Waals surface area (Å²) in [7, 11) is 0. The number of carbonyl (C=O) groups is 1. The van der Waals surface area contributed by atoms with E-state index in [-0.39, 0.29) is 5.54 Å². The topological polar surface area (TPSA) is 20.3 Å². The maximum Gasteiger partial charge on any atom is 0.148 e. The van der Waals surface area contributed by atoms with Gasteiger partial charge >= 0.3 is 0 Å². The molecule has 0 bridgehead atoms. The molecule has 0 atom stereocenters. The molecule has 11 heavy (non-hydrogen) atoms. The van der Waals surface area contributed by atoms with Gasteiger partial charge in [-0.15, -0.1) is 0 Å². The van der Waals surface area contributed by atoms with E-state index in [9.17, 15) is 4.79 Å². The Kier molecular flexibility index (Phi) is 2.06. The Bertz CT molecular complexity index is 172. The van der Waals surface area contributed by atoms with Crippen LogP contribution in [0.1, 0.15) is 34.1 Å². The molecule has 0 N–H and O–H groups in total.